The van der Waals surface area contributed by atoms with Crippen LogP contribution < -0.4 is 5.32 Å². The van der Waals surface area contributed by atoms with Gasteiger partial charge in [0.15, 0.2) is 0 Å². The lowest BCUT2D eigenvalue weighted by atomic mass is 9.88. The van der Waals surface area contributed by atoms with Crippen molar-refractivity contribution in [2.45, 2.75) is 32.7 Å². The lowest BCUT2D eigenvalue weighted by molar-refractivity contribution is 0.491. The van der Waals surface area contributed by atoms with Crippen LogP contribution in [0.4, 0.5) is 5.82 Å². The Kier molecular flexibility index (Phi) is 4.06. The van der Waals surface area contributed by atoms with Crippen molar-refractivity contribution in [3.63, 3.8) is 0 Å². The number of fused-ring (bicyclic) bond motifs is 2. The van der Waals surface area contributed by atoms with Crippen molar-refractivity contribution in [2.24, 2.45) is 5.92 Å². The van der Waals surface area contributed by atoms with E-state index in [1.807, 2.05) is 12.1 Å². The number of benzene rings is 1. The summed E-state index contributed by atoms with van der Waals surface area (Å²) in [6, 6.07) is 5.54. The molecule has 2 aromatic heterocycles. The molecule has 124 valence electrons. The van der Waals surface area contributed by atoms with Crippen LogP contribution in [0.2, 0.25) is 10.0 Å². The molecule has 1 unspecified atom stereocenters. The summed E-state index contributed by atoms with van der Waals surface area (Å²) in [4.78, 5) is 8.93. The van der Waals surface area contributed by atoms with E-state index < -0.39 is 0 Å². The molecule has 0 saturated heterocycles. The van der Waals surface area contributed by atoms with E-state index in [-0.39, 0.29) is 0 Å². The Morgan fingerprint density at radius 2 is 2.21 bits per heavy atom. The largest absolute Gasteiger partial charge is 0.365 e. The first kappa shape index (κ1) is 15.7. The first-order chi connectivity index (χ1) is 11.6. The Hall–Kier alpha value is -1.85. The maximum Gasteiger partial charge on any atom is 0.254 e. The molecule has 24 heavy (non-hydrogen) atoms. The number of nitrogens with one attached hydrogen (secondary N) is 1. The van der Waals surface area contributed by atoms with Crippen LogP contribution in [0.25, 0.3) is 5.78 Å². The minimum Gasteiger partial charge on any atom is -0.365 e. The van der Waals surface area contributed by atoms with Crippen LogP contribution in [0.5, 0.6) is 0 Å². The predicted molar refractivity (Wildman–Crippen MR) is 95.8 cm³/mol. The van der Waals surface area contributed by atoms with Gasteiger partial charge in [0.2, 0.25) is 0 Å². The van der Waals surface area contributed by atoms with Crippen LogP contribution in [0.1, 0.15) is 30.2 Å². The lowest BCUT2D eigenvalue weighted by Crippen LogP contribution is -2.19. The van der Waals surface area contributed by atoms with E-state index in [0.717, 1.165) is 36.3 Å². The van der Waals surface area contributed by atoms with E-state index in [4.69, 9.17) is 23.2 Å². The van der Waals surface area contributed by atoms with Gasteiger partial charge in [0, 0.05) is 22.2 Å². The third-order valence-electron chi connectivity index (χ3n) is 4.50. The summed E-state index contributed by atoms with van der Waals surface area (Å²) in [5.41, 5.74) is 3.35. The zero-order valence-corrected chi connectivity index (χ0v) is 14.8. The first-order valence-corrected chi connectivity index (χ1v) is 8.76. The Morgan fingerprint density at radius 3 is 3.04 bits per heavy atom. The number of nitrogens with zero attached hydrogens (tertiary/aromatic N) is 4. The smallest absolute Gasteiger partial charge is 0.254 e. The van der Waals surface area contributed by atoms with E-state index in [1.165, 1.54) is 11.9 Å². The molecule has 0 saturated carbocycles. The van der Waals surface area contributed by atoms with Crippen molar-refractivity contribution >= 4 is 34.8 Å². The molecule has 5 nitrogen and oxygen atoms in total. The molecule has 7 heteroatoms. The van der Waals surface area contributed by atoms with Crippen molar-refractivity contribution in [3.8, 4) is 0 Å². The molecular weight excluding hydrogens is 345 g/mol. The number of rotatable bonds is 3. The highest BCUT2D eigenvalue weighted by molar-refractivity contribution is 6.35. The fourth-order valence-electron chi connectivity index (χ4n) is 3.20. The molecular formula is C17H17Cl2N5. The van der Waals surface area contributed by atoms with Crippen LogP contribution >= 0.6 is 23.2 Å². The second-order valence-corrected chi connectivity index (χ2v) is 7.14. The second kappa shape index (κ2) is 6.22. The molecule has 1 atom stereocenters. The number of hydrogen-bond donors (Lipinski definition) is 1. The Morgan fingerprint density at radius 1 is 1.33 bits per heavy atom. The molecule has 0 aliphatic heterocycles. The summed E-state index contributed by atoms with van der Waals surface area (Å²) in [7, 11) is 0. The van der Waals surface area contributed by atoms with Crippen molar-refractivity contribution in [1.82, 2.24) is 19.6 Å². The fraction of sp³-hybridized carbons (Fsp3) is 0.353. The van der Waals surface area contributed by atoms with Crippen molar-refractivity contribution in [2.75, 3.05) is 5.32 Å². The maximum absolute atomic E-state index is 6.28. The lowest BCUT2D eigenvalue weighted by Gasteiger charge is -2.23. The van der Waals surface area contributed by atoms with E-state index >= 15 is 0 Å². The van der Waals surface area contributed by atoms with Gasteiger partial charge in [-0.3, -0.25) is 0 Å². The summed E-state index contributed by atoms with van der Waals surface area (Å²) in [6.45, 7) is 2.86. The SMILES string of the molecule is CC1CCc2c(nc3ncnn3c2NCc2ccc(Cl)cc2Cl)C1. The van der Waals surface area contributed by atoms with Gasteiger partial charge < -0.3 is 5.32 Å². The molecule has 1 aliphatic carbocycles. The summed E-state index contributed by atoms with van der Waals surface area (Å²) in [5, 5.41) is 9.10. The van der Waals surface area contributed by atoms with Gasteiger partial charge in [-0.25, -0.2) is 4.98 Å². The fourth-order valence-corrected chi connectivity index (χ4v) is 3.68. The van der Waals surface area contributed by atoms with Crippen LogP contribution in [-0.2, 0) is 19.4 Å². The number of anilines is 1. The normalized spacial score (nSPS) is 17.0. The molecule has 3 aromatic rings. The van der Waals surface area contributed by atoms with E-state index in [9.17, 15) is 0 Å². The highest BCUT2D eigenvalue weighted by atomic mass is 35.5. The zero-order valence-electron chi connectivity index (χ0n) is 13.3. The molecule has 0 fully saturated rings. The summed E-state index contributed by atoms with van der Waals surface area (Å²) >= 11 is 12.3. The Labute approximate surface area is 150 Å². The van der Waals surface area contributed by atoms with Crippen LogP contribution in [0.3, 0.4) is 0 Å². The van der Waals surface area contributed by atoms with Gasteiger partial charge in [-0.1, -0.05) is 36.2 Å². The van der Waals surface area contributed by atoms with Crippen LogP contribution in [0.15, 0.2) is 24.5 Å². The number of aromatic nitrogens is 4. The maximum atomic E-state index is 6.28. The molecule has 0 spiro atoms. The van der Waals surface area contributed by atoms with Gasteiger partial charge in [0.05, 0.1) is 5.69 Å². The standard InChI is InChI=1S/C17H17Cl2N5/c1-10-2-5-13-15(6-10)23-17-21-9-22-24(17)16(13)20-8-11-3-4-12(18)7-14(11)19/h3-4,7,9-10,20H,2,5-6,8H2,1H3. The molecule has 1 N–H and O–H groups in total. The monoisotopic (exact) mass is 361 g/mol. The molecule has 1 aromatic carbocycles. The van der Waals surface area contributed by atoms with E-state index in [0.29, 0.717) is 28.3 Å². The Balaban J connectivity index is 1.71. The second-order valence-electron chi connectivity index (χ2n) is 6.29. The minimum absolute atomic E-state index is 0.594. The van der Waals surface area contributed by atoms with Crippen LogP contribution in [-0.4, -0.2) is 19.6 Å². The highest BCUT2D eigenvalue weighted by Gasteiger charge is 2.22. The molecule has 0 bridgehead atoms. The van der Waals surface area contributed by atoms with Crippen molar-refractivity contribution in [3.05, 3.63) is 51.4 Å². The van der Waals surface area contributed by atoms with Gasteiger partial charge >= 0.3 is 0 Å². The molecule has 4 rings (SSSR count). The topological polar surface area (TPSA) is 55.1 Å². The molecule has 1 aliphatic rings. The number of hydrogen-bond acceptors (Lipinski definition) is 4. The highest BCUT2D eigenvalue weighted by Crippen LogP contribution is 2.30. The molecule has 2 heterocycles. The third-order valence-corrected chi connectivity index (χ3v) is 5.09. The van der Waals surface area contributed by atoms with Gasteiger partial charge in [-0.05, 0) is 42.9 Å². The van der Waals surface area contributed by atoms with Gasteiger partial charge in [-0.2, -0.15) is 14.6 Å². The summed E-state index contributed by atoms with van der Waals surface area (Å²) in [5.74, 6) is 2.24. The summed E-state index contributed by atoms with van der Waals surface area (Å²) in [6.07, 6.45) is 4.67. The third kappa shape index (κ3) is 2.82. The average Bonchev–Trinajstić information content (AvgIpc) is 3.00. The van der Waals surface area contributed by atoms with E-state index in [2.05, 4.69) is 27.3 Å². The Bertz CT molecular complexity index is 905. The van der Waals surface area contributed by atoms with E-state index in [1.54, 1.807) is 10.6 Å². The van der Waals surface area contributed by atoms with Gasteiger partial charge in [0.1, 0.15) is 12.1 Å². The van der Waals surface area contributed by atoms with Crippen LogP contribution in [0, 0.1) is 5.92 Å². The number of halogens is 2. The zero-order chi connectivity index (χ0) is 16.7. The molecule has 0 radical (unpaired) electrons. The van der Waals surface area contributed by atoms with Gasteiger partial charge in [0.25, 0.3) is 5.78 Å². The molecule has 0 amide bonds. The first-order valence-electron chi connectivity index (χ1n) is 8.01. The minimum atomic E-state index is 0.594. The average molecular weight is 362 g/mol. The van der Waals surface area contributed by atoms with Crippen molar-refractivity contribution < 1.29 is 0 Å². The van der Waals surface area contributed by atoms with Gasteiger partial charge in [-0.15, -0.1) is 0 Å². The quantitative estimate of drug-likeness (QED) is 0.760. The summed E-state index contributed by atoms with van der Waals surface area (Å²) < 4.78 is 1.78. The van der Waals surface area contributed by atoms with Crippen molar-refractivity contribution in [1.29, 1.82) is 0 Å². The predicted octanol–water partition coefficient (Wildman–Crippen LogP) is 4.17.